The third-order valence-electron chi connectivity index (χ3n) is 6.49. The van der Waals surface area contributed by atoms with E-state index in [1.165, 1.54) is 24.3 Å². The summed E-state index contributed by atoms with van der Waals surface area (Å²) in [7, 11) is -3.85. The van der Waals surface area contributed by atoms with Crippen LogP contribution in [0, 0.1) is 0 Å². The van der Waals surface area contributed by atoms with E-state index in [0.717, 1.165) is 16.7 Å². The van der Waals surface area contributed by atoms with E-state index in [-0.39, 0.29) is 22.0 Å². The van der Waals surface area contributed by atoms with Gasteiger partial charge in [0.05, 0.1) is 28.1 Å². The average molecular weight is 578 g/mol. The molecule has 6 nitrogen and oxygen atoms in total. The summed E-state index contributed by atoms with van der Waals surface area (Å²) in [5, 5.41) is 11.5. The molecule has 0 heterocycles. The van der Waals surface area contributed by atoms with Crippen molar-refractivity contribution in [1.82, 2.24) is 4.90 Å². The van der Waals surface area contributed by atoms with Crippen molar-refractivity contribution in [3.05, 3.63) is 130 Å². The summed E-state index contributed by atoms with van der Waals surface area (Å²) >= 11 is 6.13. The molecule has 0 amide bonds. The van der Waals surface area contributed by atoms with Crippen LogP contribution in [0.3, 0.4) is 0 Å². The molecule has 4 aromatic carbocycles. The molecular formula is C32H32ClNO5S. The Morgan fingerprint density at radius 2 is 1.55 bits per heavy atom. The van der Waals surface area contributed by atoms with Crippen LogP contribution < -0.4 is 0 Å². The molecule has 0 saturated carbocycles. The number of aliphatic hydroxyl groups excluding tert-OH is 1. The Hall–Kier alpha value is -3.49. The lowest BCUT2D eigenvalue weighted by molar-refractivity contribution is 0.0526. The molecule has 0 fully saturated rings. The van der Waals surface area contributed by atoms with Gasteiger partial charge in [0.25, 0.3) is 0 Å². The van der Waals surface area contributed by atoms with Gasteiger partial charge in [-0.3, -0.25) is 4.90 Å². The molecule has 1 N–H and O–H groups in total. The fourth-order valence-corrected chi connectivity index (χ4v) is 6.01. The summed E-state index contributed by atoms with van der Waals surface area (Å²) in [6, 6.07) is 29.9. The van der Waals surface area contributed by atoms with E-state index in [1.54, 1.807) is 37.3 Å². The van der Waals surface area contributed by atoms with Gasteiger partial charge >= 0.3 is 5.97 Å². The van der Waals surface area contributed by atoms with Crippen molar-refractivity contribution in [3.8, 4) is 0 Å². The van der Waals surface area contributed by atoms with Gasteiger partial charge in [0, 0.05) is 24.7 Å². The van der Waals surface area contributed by atoms with Crippen LogP contribution in [-0.2, 0) is 27.5 Å². The average Bonchev–Trinajstić information content (AvgIpc) is 2.97. The van der Waals surface area contributed by atoms with Crippen LogP contribution >= 0.6 is 11.6 Å². The molecule has 0 aliphatic heterocycles. The van der Waals surface area contributed by atoms with Gasteiger partial charge in [0.1, 0.15) is 0 Å². The highest BCUT2D eigenvalue weighted by atomic mass is 35.5. The van der Waals surface area contributed by atoms with Gasteiger partial charge in [-0.05, 0) is 72.5 Å². The Morgan fingerprint density at radius 1 is 0.875 bits per heavy atom. The summed E-state index contributed by atoms with van der Waals surface area (Å²) < 4.78 is 31.9. The quantitative estimate of drug-likeness (QED) is 0.204. The predicted molar refractivity (Wildman–Crippen MR) is 156 cm³/mol. The molecule has 0 unspecified atom stereocenters. The molecule has 8 heteroatoms. The topological polar surface area (TPSA) is 83.9 Å². The number of rotatable bonds is 12. The molecule has 4 aromatic rings. The summed E-state index contributed by atoms with van der Waals surface area (Å²) in [4.78, 5) is 14.5. The van der Waals surface area contributed by atoms with E-state index >= 15 is 0 Å². The first kappa shape index (κ1) is 29.5. The van der Waals surface area contributed by atoms with Gasteiger partial charge < -0.3 is 9.84 Å². The molecule has 4 rings (SSSR count). The van der Waals surface area contributed by atoms with Crippen molar-refractivity contribution < 1.29 is 23.1 Å². The van der Waals surface area contributed by atoms with E-state index in [1.807, 2.05) is 48.5 Å². The lowest BCUT2D eigenvalue weighted by Crippen LogP contribution is -2.30. The van der Waals surface area contributed by atoms with Crippen LogP contribution in [0.5, 0.6) is 0 Å². The van der Waals surface area contributed by atoms with Crippen molar-refractivity contribution in [2.75, 3.05) is 19.7 Å². The second-order valence-electron chi connectivity index (χ2n) is 9.44. The maximum absolute atomic E-state index is 13.4. The highest BCUT2D eigenvalue weighted by molar-refractivity contribution is 7.91. The summed E-state index contributed by atoms with van der Waals surface area (Å²) in [6.45, 7) is 3.50. The number of hydrogen-bond acceptors (Lipinski definition) is 6. The number of halogens is 1. The molecule has 0 radical (unpaired) electrons. The minimum Gasteiger partial charge on any atom is -0.462 e. The van der Waals surface area contributed by atoms with Gasteiger partial charge in [-0.25, -0.2) is 13.2 Å². The number of benzene rings is 4. The van der Waals surface area contributed by atoms with Crippen LogP contribution in [0.2, 0.25) is 5.02 Å². The van der Waals surface area contributed by atoms with E-state index in [2.05, 4.69) is 4.90 Å². The van der Waals surface area contributed by atoms with Crippen molar-refractivity contribution in [2.24, 2.45) is 0 Å². The van der Waals surface area contributed by atoms with Crippen LogP contribution in [0.1, 0.15) is 40.1 Å². The second-order valence-corrected chi connectivity index (χ2v) is 11.8. The zero-order chi connectivity index (χ0) is 28.5. The van der Waals surface area contributed by atoms with E-state index in [0.29, 0.717) is 31.1 Å². The van der Waals surface area contributed by atoms with E-state index in [9.17, 15) is 18.3 Å². The van der Waals surface area contributed by atoms with Gasteiger partial charge in [-0.1, -0.05) is 72.3 Å². The third kappa shape index (κ3) is 7.79. The van der Waals surface area contributed by atoms with Crippen molar-refractivity contribution in [2.45, 2.75) is 35.8 Å². The molecule has 208 valence electrons. The zero-order valence-electron chi connectivity index (χ0n) is 22.2. The SMILES string of the molecule is CCOC(=O)c1cccc(S(=O)(=O)c2cccc(CCN(Cc3ccccc3)C[C@H](O)c3cccc(Cl)c3)c2)c1. The van der Waals surface area contributed by atoms with Crippen molar-refractivity contribution in [3.63, 3.8) is 0 Å². The molecule has 0 spiro atoms. The first-order chi connectivity index (χ1) is 19.3. The molecule has 0 aliphatic rings. The Kier molecular flexibility index (Phi) is 10.1. The Morgan fingerprint density at radius 3 is 2.27 bits per heavy atom. The second kappa shape index (κ2) is 13.7. The number of ether oxygens (including phenoxy) is 1. The number of esters is 1. The van der Waals surface area contributed by atoms with Crippen molar-refractivity contribution in [1.29, 1.82) is 0 Å². The third-order valence-corrected chi connectivity index (χ3v) is 8.48. The molecule has 0 bridgehead atoms. The summed E-state index contributed by atoms with van der Waals surface area (Å²) in [5.74, 6) is -0.563. The maximum Gasteiger partial charge on any atom is 0.338 e. The Bertz CT molecular complexity index is 1540. The highest BCUT2D eigenvalue weighted by Crippen LogP contribution is 2.24. The minimum atomic E-state index is -3.85. The largest absolute Gasteiger partial charge is 0.462 e. The molecule has 40 heavy (non-hydrogen) atoms. The molecule has 0 saturated heterocycles. The fourth-order valence-electron chi connectivity index (χ4n) is 4.44. The standard InChI is InChI=1S/C32H32ClNO5S/c1-2-39-32(36)27-13-8-16-30(21-27)40(37,38)29-15-6-11-24(19-29)17-18-34(22-25-9-4-3-5-10-25)23-31(35)26-12-7-14-28(33)20-26/h3-16,19-21,31,35H,2,17-18,22-23H2,1H3/t31-/m0/s1. The number of hydrogen-bond donors (Lipinski definition) is 1. The molecule has 0 aromatic heterocycles. The smallest absolute Gasteiger partial charge is 0.338 e. The lowest BCUT2D eigenvalue weighted by Gasteiger charge is -2.26. The number of nitrogens with zero attached hydrogens (tertiary/aromatic N) is 1. The van der Waals surface area contributed by atoms with Crippen LogP contribution in [0.4, 0.5) is 0 Å². The highest BCUT2D eigenvalue weighted by Gasteiger charge is 2.21. The number of carbonyl (C=O) groups is 1. The Balaban J connectivity index is 1.52. The normalized spacial score (nSPS) is 12.3. The Labute approximate surface area is 240 Å². The predicted octanol–water partition coefficient (Wildman–Crippen LogP) is 6.13. The number of aliphatic hydroxyl groups is 1. The monoisotopic (exact) mass is 577 g/mol. The van der Waals surface area contributed by atoms with Gasteiger partial charge in [0.15, 0.2) is 0 Å². The molecular weight excluding hydrogens is 546 g/mol. The molecule has 1 atom stereocenters. The van der Waals surface area contributed by atoms with Gasteiger partial charge in [0.2, 0.25) is 9.84 Å². The van der Waals surface area contributed by atoms with E-state index in [4.69, 9.17) is 16.3 Å². The fraction of sp³-hybridized carbons (Fsp3) is 0.219. The number of carbonyl (C=O) groups excluding carboxylic acids is 1. The summed E-state index contributed by atoms with van der Waals surface area (Å²) in [5.41, 5.74) is 2.88. The van der Waals surface area contributed by atoms with Crippen molar-refractivity contribution >= 4 is 27.4 Å². The van der Waals surface area contributed by atoms with E-state index < -0.39 is 21.9 Å². The first-order valence-corrected chi connectivity index (χ1v) is 14.9. The lowest BCUT2D eigenvalue weighted by atomic mass is 10.1. The van der Waals surface area contributed by atoms with Gasteiger partial charge in [-0.2, -0.15) is 0 Å². The number of sulfone groups is 1. The van der Waals surface area contributed by atoms with Crippen LogP contribution in [0.15, 0.2) is 113 Å². The van der Waals surface area contributed by atoms with Gasteiger partial charge in [-0.15, -0.1) is 0 Å². The summed E-state index contributed by atoms with van der Waals surface area (Å²) in [6.07, 6.45) is -0.165. The van der Waals surface area contributed by atoms with Crippen LogP contribution in [-0.4, -0.2) is 44.1 Å². The molecule has 0 aliphatic carbocycles. The van der Waals surface area contributed by atoms with Crippen LogP contribution in [0.25, 0.3) is 0 Å². The minimum absolute atomic E-state index is 0.0329. The maximum atomic E-state index is 13.4. The zero-order valence-corrected chi connectivity index (χ0v) is 23.8. The first-order valence-electron chi connectivity index (χ1n) is 13.1.